The topological polar surface area (TPSA) is 43.6 Å². The quantitative estimate of drug-likeness (QED) is 0.181. The Kier molecular flexibility index (Phi) is 3.85. The number of rotatable bonds is 6. The Hall–Kier alpha value is -6.65. The fourth-order valence-electron chi connectivity index (χ4n) is 5.54. The van der Waals surface area contributed by atoms with Crippen molar-refractivity contribution in [3.8, 4) is 62.1 Å². The first-order chi connectivity index (χ1) is 31.8. The molecule has 49 heavy (non-hydrogen) atoms. The van der Waals surface area contributed by atoms with Crippen LogP contribution in [0.1, 0.15) is 24.7 Å². The Morgan fingerprint density at radius 3 is 1.39 bits per heavy atom. The molecule has 7 aromatic carbocycles. The zero-order valence-electron chi connectivity index (χ0n) is 43.2. The van der Waals surface area contributed by atoms with E-state index in [4.69, 9.17) is 19.2 Å². The number of hydrogen-bond acceptors (Lipinski definition) is 3. The molecule has 0 bridgehead atoms. The van der Waals surface area contributed by atoms with Crippen molar-refractivity contribution in [2.45, 2.75) is 0 Å². The minimum atomic E-state index is -0.806. The molecule has 0 radical (unpaired) electrons. The van der Waals surface area contributed by atoms with Crippen molar-refractivity contribution in [1.82, 2.24) is 19.5 Å². The van der Waals surface area contributed by atoms with E-state index in [0.29, 0.717) is 11.1 Å². The number of aromatic nitrogens is 4. The molecule has 0 amide bonds. The monoisotopic (exact) mass is 644 g/mol. The van der Waals surface area contributed by atoms with Gasteiger partial charge in [-0.25, -0.2) is 15.0 Å². The van der Waals surface area contributed by atoms with Crippen molar-refractivity contribution in [3.63, 3.8) is 0 Å². The van der Waals surface area contributed by atoms with Gasteiger partial charge in [0.25, 0.3) is 0 Å². The van der Waals surface area contributed by atoms with Crippen molar-refractivity contribution in [2.75, 3.05) is 0 Å². The van der Waals surface area contributed by atoms with E-state index in [-0.39, 0.29) is 5.82 Å². The molecular weight excluding hydrogens is 597 g/mol. The number of benzene rings is 7. The van der Waals surface area contributed by atoms with Crippen LogP contribution in [0.25, 0.3) is 83.9 Å². The summed E-state index contributed by atoms with van der Waals surface area (Å²) < 4.78 is 158. The Morgan fingerprint density at radius 1 is 0.367 bits per heavy atom. The van der Waals surface area contributed by atoms with Gasteiger partial charge in [0, 0.05) is 33.2 Å². The van der Waals surface area contributed by atoms with Crippen molar-refractivity contribution < 1.29 is 24.7 Å². The summed E-state index contributed by atoms with van der Waals surface area (Å²) in [6, 6.07) is 8.53. The molecular formula is C45H30N4. The minimum absolute atomic E-state index is 0.176. The summed E-state index contributed by atoms with van der Waals surface area (Å²) in [7, 11) is 0. The minimum Gasteiger partial charge on any atom is -0.309 e. The van der Waals surface area contributed by atoms with E-state index in [1.165, 1.54) is 0 Å². The molecule has 0 aliphatic carbocycles. The van der Waals surface area contributed by atoms with Gasteiger partial charge in [-0.1, -0.05) is 157 Å². The van der Waals surface area contributed by atoms with Gasteiger partial charge in [-0.2, -0.15) is 0 Å². The van der Waals surface area contributed by atoms with E-state index >= 15 is 0 Å². The molecule has 2 heterocycles. The molecule has 2 aromatic heterocycles. The summed E-state index contributed by atoms with van der Waals surface area (Å²) >= 11 is 0. The van der Waals surface area contributed by atoms with Crippen LogP contribution in [0.2, 0.25) is 0 Å². The zero-order chi connectivity index (χ0) is 48.2. The van der Waals surface area contributed by atoms with Crippen molar-refractivity contribution in [3.05, 3.63) is 182 Å². The molecule has 0 saturated heterocycles. The molecule has 4 heteroatoms. The summed E-state index contributed by atoms with van der Waals surface area (Å²) in [5.41, 5.74) is -0.741. The highest BCUT2D eigenvalue weighted by atomic mass is 15.0. The summed E-state index contributed by atoms with van der Waals surface area (Å²) in [6.45, 7) is 0. The molecule has 0 unspecified atom stereocenters. The molecule has 4 nitrogen and oxygen atoms in total. The first-order valence-corrected chi connectivity index (χ1v) is 15.0. The van der Waals surface area contributed by atoms with Gasteiger partial charge in [0.15, 0.2) is 17.5 Å². The second kappa shape index (κ2) is 12.2. The number of fused-ring (bicyclic) bond motifs is 3. The SMILES string of the molecule is [2H]c1c([2H])c([2H])c(-c2c([2H])c([2H])c(-c3nc(-c4ccc5c6ccccc6n(-c6ccccc6)c5c4)nc(-c4c([2H])c([2H])c(-c5c([2H])c([2H])c([2H])c([2H])c5[2H])c([2H])c4[2H])n3)c([2H])c2[2H])c([2H])c1[2H]. The fourth-order valence-corrected chi connectivity index (χ4v) is 5.54. The van der Waals surface area contributed by atoms with Crippen LogP contribution in [0.3, 0.4) is 0 Å². The molecule has 0 atom stereocenters. The van der Waals surface area contributed by atoms with Gasteiger partial charge in [-0.05, 0) is 46.5 Å². The lowest BCUT2D eigenvalue weighted by atomic mass is 10.0. The Balaban J connectivity index is 1.35. The lowest BCUT2D eigenvalue weighted by Gasteiger charge is -2.11. The van der Waals surface area contributed by atoms with E-state index in [9.17, 15) is 5.48 Å². The molecule has 0 N–H and O–H groups in total. The zero-order valence-corrected chi connectivity index (χ0v) is 25.2. The van der Waals surface area contributed by atoms with E-state index in [1.54, 1.807) is 12.1 Å². The van der Waals surface area contributed by atoms with Crippen LogP contribution in [0.5, 0.6) is 0 Å². The number of nitrogens with zero attached hydrogens (tertiary/aromatic N) is 4. The van der Waals surface area contributed by atoms with Gasteiger partial charge in [0.05, 0.1) is 35.7 Å². The maximum absolute atomic E-state index is 9.20. The fraction of sp³-hybridized carbons (Fsp3) is 0. The van der Waals surface area contributed by atoms with Crippen LogP contribution < -0.4 is 0 Å². The lowest BCUT2D eigenvalue weighted by molar-refractivity contribution is 1.07. The van der Waals surface area contributed by atoms with E-state index < -0.39 is 154 Å². The van der Waals surface area contributed by atoms with Crippen molar-refractivity contribution >= 4 is 21.8 Å². The molecule has 0 saturated carbocycles. The molecule has 0 aliphatic rings. The highest BCUT2D eigenvalue weighted by molar-refractivity contribution is 6.10. The van der Waals surface area contributed by atoms with Gasteiger partial charge in [-0.3, -0.25) is 0 Å². The molecule has 0 aliphatic heterocycles. The second-order valence-corrected chi connectivity index (χ2v) is 10.7. The largest absolute Gasteiger partial charge is 0.309 e. The molecule has 0 spiro atoms. The van der Waals surface area contributed by atoms with Gasteiger partial charge in [-0.15, -0.1) is 0 Å². The standard InChI is InChI=1S/C45H30N4/c1-4-12-31(13-5-1)33-20-24-35(25-21-33)43-46-44(36-26-22-34(23-27-36)32-14-6-2-7-15-32)48-45(47-43)37-28-29-40-39-18-10-11-19-41(39)49(42(40)30-37)38-16-8-3-9-17-38/h1-30H/i1D,2D,4D,5D,6D,7D,12D,13D,14D,15D,20D,21D,22D,23D,24D,25D,26D,27D. The first kappa shape index (κ1) is 15.5. The average molecular weight is 645 g/mol. The smallest absolute Gasteiger partial charge is 0.164 e. The van der Waals surface area contributed by atoms with Gasteiger partial charge in [0.1, 0.15) is 0 Å². The summed E-state index contributed by atoms with van der Waals surface area (Å²) in [5.74, 6) is -1.23. The average Bonchev–Trinajstić information content (AvgIpc) is 3.66. The van der Waals surface area contributed by atoms with Gasteiger partial charge < -0.3 is 4.57 Å². The molecule has 0 fully saturated rings. The van der Waals surface area contributed by atoms with Crippen LogP contribution in [0, 0.1) is 0 Å². The van der Waals surface area contributed by atoms with E-state index in [0.717, 1.165) is 22.0 Å². The normalized spacial score (nSPS) is 16.4. The third-order valence-electron chi connectivity index (χ3n) is 7.78. The van der Waals surface area contributed by atoms with Crippen LogP contribution in [-0.4, -0.2) is 19.5 Å². The van der Waals surface area contributed by atoms with Crippen molar-refractivity contribution in [1.29, 1.82) is 0 Å². The Morgan fingerprint density at radius 2 is 0.816 bits per heavy atom. The predicted octanol–water partition coefficient (Wildman–Crippen LogP) is 11.3. The number of para-hydroxylation sites is 2. The third kappa shape index (κ3) is 5.35. The van der Waals surface area contributed by atoms with Crippen LogP contribution in [-0.2, 0) is 0 Å². The van der Waals surface area contributed by atoms with Gasteiger partial charge in [0.2, 0.25) is 0 Å². The Labute approximate surface area is 310 Å². The summed E-state index contributed by atoms with van der Waals surface area (Å²) in [6.07, 6.45) is 0. The maximum atomic E-state index is 9.20. The third-order valence-corrected chi connectivity index (χ3v) is 7.78. The van der Waals surface area contributed by atoms with Crippen molar-refractivity contribution in [2.24, 2.45) is 0 Å². The summed E-state index contributed by atoms with van der Waals surface area (Å²) in [5, 5.41) is 1.75. The highest BCUT2D eigenvalue weighted by Gasteiger charge is 2.17. The predicted molar refractivity (Wildman–Crippen MR) is 201 cm³/mol. The number of hydrogen-bond donors (Lipinski definition) is 0. The van der Waals surface area contributed by atoms with Crippen LogP contribution >= 0.6 is 0 Å². The highest BCUT2D eigenvalue weighted by Crippen LogP contribution is 2.35. The second-order valence-electron chi connectivity index (χ2n) is 10.7. The Bertz CT molecular complexity index is 3360. The first-order valence-electron chi connectivity index (χ1n) is 24.0. The summed E-state index contributed by atoms with van der Waals surface area (Å²) in [4.78, 5) is 13.7. The van der Waals surface area contributed by atoms with E-state index in [1.807, 2.05) is 65.2 Å². The van der Waals surface area contributed by atoms with Crippen LogP contribution in [0.15, 0.2) is 182 Å². The van der Waals surface area contributed by atoms with Crippen LogP contribution in [0.4, 0.5) is 0 Å². The molecule has 230 valence electrons. The lowest BCUT2D eigenvalue weighted by Crippen LogP contribution is -2.00. The molecule has 9 aromatic rings. The maximum Gasteiger partial charge on any atom is 0.164 e. The van der Waals surface area contributed by atoms with E-state index in [2.05, 4.69) is 15.0 Å². The van der Waals surface area contributed by atoms with Gasteiger partial charge >= 0.3 is 0 Å². The molecule has 9 rings (SSSR count).